The first kappa shape index (κ1) is 13.4. The van der Waals surface area contributed by atoms with Crippen molar-refractivity contribution in [3.05, 3.63) is 0 Å². The summed E-state index contributed by atoms with van der Waals surface area (Å²) in [5, 5.41) is 8.69. The quantitative estimate of drug-likeness (QED) is 0.735. The maximum Gasteiger partial charge on any atom is 0.280 e. The van der Waals surface area contributed by atoms with Gasteiger partial charge in [-0.05, 0) is 20.8 Å². The molecule has 16 heavy (non-hydrogen) atoms. The Bertz CT molecular complexity index is 380. The van der Waals surface area contributed by atoms with E-state index in [1.165, 1.54) is 4.31 Å². The Morgan fingerprint density at radius 3 is 2.62 bits per heavy atom. The van der Waals surface area contributed by atoms with Crippen LogP contribution in [-0.2, 0) is 14.9 Å². The number of hydrogen-bond acceptors (Lipinski definition) is 4. The van der Waals surface area contributed by atoms with Gasteiger partial charge in [-0.3, -0.25) is 0 Å². The van der Waals surface area contributed by atoms with Crippen molar-refractivity contribution in [2.45, 2.75) is 32.4 Å². The number of nitrogens with zero attached hydrogens (tertiary/aromatic N) is 2. The van der Waals surface area contributed by atoms with Gasteiger partial charge in [0.15, 0.2) is 6.10 Å². The molecule has 0 aromatic carbocycles. The van der Waals surface area contributed by atoms with E-state index >= 15 is 0 Å². The summed E-state index contributed by atoms with van der Waals surface area (Å²) in [7, 11) is -3.53. The van der Waals surface area contributed by atoms with Crippen molar-refractivity contribution in [3.63, 3.8) is 0 Å². The zero-order valence-electron chi connectivity index (χ0n) is 9.73. The first-order chi connectivity index (χ1) is 7.24. The summed E-state index contributed by atoms with van der Waals surface area (Å²) in [6.45, 7) is 5.93. The minimum absolute atomic E-state index is 0.0852. The minimum Gasteiger partial charge on any atom is -0.361 e. The van der Waals surface area contributed by atoms with Gasteiger partial charge in [0, 0.05) is 12.1 Å². The second kappa shape index (κ2) is 4.67. The predicted octanol–water partition coefficient (Wildman–Crippen LogP) is -0.156. The molecular weight excluding hydrogens is 230 g/mol. The highest BCUT2D eigenvalue weighted by atomic mass is 32.2. The lowest BCUT2D eigenvalue weighted by molar-refractivity contribution is 0.0304. The molecule has 7 heteroatoms. The van der Waals surface area contributed by atoms with Crippen LogP contribution in [0, 0.1) is 11.3 Å². The molecule has 92 valence electrons. The van der Waals surface area contributed by atoms with Crippen molar-refractivity contribution in [2.75, 3.05) is 19.7 Å². The highest BCUT2D eigenvalue weighted by Gasteiger charge is 2.31. The molecule has 0 spiro atoms. The van der Waals surface area contributed by atoms with E-state index in [0.717, 1.165) is 0 Å². The van der Waals surface area contributed by atoms with Crippen molar-refractivity contribution >= 4 is 10.2 Å². The Balaban J connectivity index is 2.73. The van der Waals surface area contributed by atoms with Crippen LogP contribution in [0.2, 0.25) is 0 Å². The van der Waals surface area contributed by atoms with Gasteiger partial charge >= 0.3 is 0 Å². The molecule has 1 N–H and O–H groups in total. The molecule has 1 unspecified atom stereocenters. The number of morpholine rings is 1. The average Bonchev–Trinajstić information content (AvgIpc) is 2.14. The third kappa shape index (κ3) is 3.72. The van der Waals surface area contributed by atoms with Gasteiger partial charge in [-0.25, -0.2) is 0 Å². The van der Waals surface area contributed by atoms with Gasteiger partial charge in [0.2, 0.25) is 0 Å². The number of nitriles is 1. The van der Waals surface area contributed by atoms with Gasteiger partial charge in [-0.1, -0.05) is 0 Å². The summed E-state index contributed by atoms with van der Waals surface area (Å²) >= 11 is 0. The molecule has 0 radical (unpaired) electrons. The first-order valence-electron chi connectivity index (χ1n) is 5.05. The van der Waals surface area contributed by atoms with Crippen LogP contribution in [0.4, 0.5) is 0 Å². The Labute approximate surface area is 96.4 Å². The van der Waals surface area contributed by atoms with Gasteiger partial charge in [-0.15, -0.1) is 0 Å². The van der Waals surface area contributed by atoms with E-state index in [0.29, 0.717) is 0 Å². The number of nitrogens with one attached hydrogen (secondary N) is 1. The monoisotopic (exact) mass is 247 g/mol. The molecule has 0 aromatic heterocycles. The second-order valence-corrected chi connectivity index (χ2v) is 6.37. The van der Waals surface area contributed by atoms with Crippen LogP contribution < -0.4 is 4.72 Å². The van der Waals surface area contributed by atoms with Crippen molar-refractivity contribution in [3.8, 4) is 6.07 Å². The molecule has 1 fully saturated rings. The fourth-order valence-electron chi connectivity index (χ4n) is 1.37. The third-order valence-corrected chi connectivity index (χ3v) is 3.83. The fraction of sp³-hybridized carbons (Fsp3) is 0.889. The van der Waals surface area contributed by atoms with Crippen LogP contribution in [0.15, 0.2) is 0 Å². The Morgan fingerprint density at radius 1 is 1.50 bits per heavy atom. The van der Waals surface area contributed by atoms with Gasteiger partial charge in [0.1, 0.15) is 0 Å². The molecule has 6 nitrogen and oxygen atoms in total. The van der Waals surface area contributed by atoms with Crippen LogP contribution >= 0.6 is 0 Å². The van der Waals surface area contributed by atoms with E-state index in [2.05, 4.69) is 4.72 Å². The lowest BCUT2D eigenvalue weighted by Crippen LogP contribution is -2.53. The van der Waals surface area contributed by atoms with Crippen molar-refractivity contribution in [1.29, 1.82) is 5.26 Å². The molecule has 0 aromatic rings. The summed E-state index contributed by atoms with van der Waals surface area (Å²) in [5.74, 6) is 0. The van der Waals surface area contributed by atoms with E-state index in [-0.39, 0.29) is 19.7 Å². The van der Waals surface area contributed by atoms with Gasteiger partial charge in [-0.2, -0.15) is 22.7 Å². The standard InChI is InChI=1S/C9H17N3O3S/c1-9(2,3)11-16(13,14)12-4-5-15-8(6-10)7-12/h8,11H,4-5,7H2,1-3H3. The molecule has 1 atom stereocenters. The maximum absolute atomic E-state index is 11.9. The van der Waals surface area contributed by atoms with Crippen molar-refractivity contribution < 1.29 is 13.2 Å². The van der Waals surface area contributed by atoms with Crippen LogP contribution in [-0.4, -0.2) is 44.1 Å². The average molecular weight is 247 g/mol. The Morgan fingerprint density at radius 2 is 2.12 bits per heavy atom. The summed E-state index contributed by atoms with van der Waals surface area (Å²) in [4.78, 5) is 0. The highest BCUT2D eigenvalue weighted by molar-refractivity contribution is 7.87. The highest BCUT2D eigenvalue weighted by Crippen LogP contribution is 2.11. The molecule has 1 heterocycles. The lowest BCUT2D eigenvalue weighted by Gasteiger charge is -2.31. The second-order valence-electron chi connectivity index (χ2n) is 4.70. The predicted molar refractivity (Wildman–Crippen MR) is 58.7 cm³/mol. The smallest absolute Gasteiger partial charge is 0.280 e. The van der Waals surface area contributed by atoms with Crippen LogP contribution in [0.5, 0.6) is 0 Å². The van der Waals surface area contributed by atoms with Crippen molar-refractivity contribution in [1.82, 2.24) is 9.03 Å². The van der Waals surface area contributed by atoms with Gasteiger partial charge in [0.05, 0.1) is 19.2 Å². The minimum atomic E-state index is -3.53. The van der Waals surface area contributed by atoms with E-state index in [1.54, 1.807) is 20.8 Å². The molecule has 1 rings (SSSR count). The summed E-state index contributed by atoms with van der Waals surface area (Å²) < 4.78 is 32.7. The van der Waals surface area contributed by atoms with Crippen LogP contribution in [0.25, 0.3) is 0 Å². The van der Waals surface area contributed by atoms with E-state index in [4.69, 9.17) is 10.00 Å². The zero-order valence-corrected chi connectivity index (χ0v) is 10.5. The topological polar surface area (TPSA) is 82.4 Å². The molecule has 1 saturated heterocycles. The third-order valence-electron chi connectivity index (χ3n) is 1.95. The lowest BCUT2D eigenvalue weighted by atomic mass is 10.1. The number of ether oxygens (including phenoxy) is 1. The molecule has 0 bridgehead atoms. The number of hydrogen-bond donors (Lipinski definition) is 1. The molecule has 1 aliphatic rings. The molecule has 1 aliphatic heterocycles. The molecule has 0 aliphatic carbocycles. The van der Waals surface area contributed by atoms with Gasteiger partial charge < -0.3 is 4.74 Å². The zero-order chi connectivity index (χ0) is 12.4. The van der Waals surface area contributed by atoms with E-state index in [9.17, 15) is 8.42 Å². The SMILES string of the molecule is CC(C)(C)NS(=O)(=O)N1CCOC(C#N)C1. The van der Waals surface area contributed by atoms with Crippen LogP contribution in [0.1, 0.15) is 20.8 Å². The van der Waals surface area contributed by atoms with Crippen molar-refractivity contribution in [2.24, 2.45) is 0 Å². The first-order valence-corrected chi connectivity index (χ1v) is 6.49. The Hall–Kier alpha value is -0.680. The van der Waals surface area contributed by atoms with E-state index < -0.39 is 21.9 Å². The molecular formula is C9H17N3O3S. The number of rotatable bonds is 2. The summed E-state index contributed by atoms with van der Waals surface area (Å²) in [6, 6.07) is 1.91. The normalized spacial score (nSPS) is 24.0. The molecule has 0 amide bonds. The fourth-order valence-corrected chi connectivity index (χ4v) is 2.92. The van der Waals surface area contributed by atoms with E-state index in [1.807, 2.05) is 6.07 Å². The summed E-state index contributed by atoms with van der Waals surface area (Å²) in [5.41, 5.74) is -0.528. The maximum atomic E-state index is 11.9. The Kier molecular flexibility index (Phi) is 3.91. The summed E-state index contributed by atoms with van der Waals surface area (Å²) in [6.07, 6.45) is -0.676. The largest absolute Gasteiger partial charge is 0.361 e. The van der Waals surface area contributed by atoms with Gasteiger partial charge in [0.25, 0.3) is 10.2 Å². The van der Waals surface area contributed by atoms with Crippen LogP contribution in [0.3, 0.4) is 0 Å². The molecule has 0 saturated carbocycles.